The third kappa shape index (κ3) is 4.61. The Labute approximate surface area is 184 Å². The summed E-state index contributed by atoms with van der Waals surface area (Å²) in [5.41, 5.74) is 4.24. The zero-order valence-electron chi connectivity index (χ0n) is 18.7. The van der Waals surface area contributed by atoms with Gasteiger partial charge in [-0.2, -0.15) is 0 Å². The van der Waals surface area contributed by atoms with Crippen LogP contribution in [0.25, 0.3) is 0 Å². The maximum Gasteiger partial charge on any atom is 0.254 e. The quantitative estimate of drug-likeness (QED) is 0.526. The second-order valence-corrected chi connectivity index (χ2v) is 8.60. The van der Waals surface area contributed by atoms with Crippen LogP contribution in [0.5, 0.6) is 11.5 Å². The normalized spacial score (nSPS) is 13.5. The van der Waals surface area contributed by atoms with Crippen molar-refractivity contribution < 1.29 is 14.3 Å². The van der Waals surface area contributed by atoms with Crippen LogP contribution in [-0.2, 0) is 13.1 Å². The summed E-state index contributed by atoms with van der Waals surface area (Å²) in [6.45, 7) is 10.1. The molecule has 0 saturated heterocycles. The smallest absolute Gasteiger partial charge is 0.254 e. The largest absolute Gasteiger partial charge is 0.454 e. The minimum atomic E-state index is 0.00260. The molecule has 1 amide bonds. The molecule has 0 saturated carbocycles. The fourth-order valence-electron chi connectivity index (χ4n) is 3.89. The summed E-state index contributed by atoms with van der Waals surface area (Å²) < 4.78 is 13.1. The van der Waals surface area contributed by atoms with Gasteiger partial charge in [-0.05, 0) is 55.7 Å². The van der Waals surface area contributed by atoms with Gasteiger partial charge in [0.15, 0.2) is 11.5 Å². The van der Waals surface area contributed by atoms with E-state index in [2.05, 4.69) is 74.9 Å². The highest BCUT2D eigenvalue weighted by molar-refractivity contribution is 5.95. The fourth-order valence-corrected chi connectivity index (χ4v) is 3.89. The third-order valence-corrected chi connectivity index (χ3v) is 6.03. The number of fused-ring (bicyclic) bond motifs is 1. The molecule has 0 aliphatic carbocycles. The first-order valence-electron chi connectivity index (χ1n) is 10.8. The number of aryl methyl sites for hydroxylation is 1. The summed E-state index contributed by atoms with van der Waals surface area (Å²) in [6, 6.07) is 18.2. The van der Waals surface area contributed by atoms with Gasteiger partial charge >= 0.3 is 0 Å². The molecule has 0 N–H and O–H groups in total. The van der Waals surface area contributed by atoms with Gasteiger partial charge in [-0.1, -0.05) is 43.7 Å². The third-order valence-electron chi connectivity index (χ3n) is 6.03. The van der Waals surface area contributed by atoms with E-state index in [1.807, 2.05) is 17.0 Å². The Hall–Kier alpha value is -3.21. The van der Waals surface area contributed by atoms with Crippen molar-refractivity contribution in [2.45, 2.75) is 46.8 Å². The van der Waals surface area contributed by atoms with E-state index in [4.69, 9.17) is 9.47 Å². The van der Waals surface area contributed by atoms with E-state index in [1.165, 1.54) is 11.1 Å². The van der Waals surface area contributed by atoms with E-state index in [0.29, 0.717) is 29.5 Å². The molecule has 5 heteroatoms. The van der Waals surface area contributed by atoms with Crippen LogP contribution in [0.2, 0.25) is 0 Å². The number of rotatable bonds is 7. The molecule has 5 nitrogen and oxygen atoms in total. The number of carbonyl (C=O) groups is 1. The maximum absolute atomic E-state index is 13.6. The lowest BCUT2D eigenvalue weighted by atomic mass is 10.0. The summed E-state index contributed by atoms with van der Waals surface area (Å²) in [7, 11) is 0. The first-order valence-corrected chi connectivity index (χ1v) is 10.8. The average molecular weight is 419 g/mol. The number of carbonyl (C=O) groups excluding carboxylic acids is 1. The molecule has 0 spiro atoms. The van der Waals surface area contributed by atoms with Gasteiger partial charge in [0.2, 0.25) is 6.79 Å². The fraction of sp³-hybridized carbons (Fsp3) is 0.346. The second kappa shape index (κ2) is 8.88. The Balaban J connectivity index is 1.59. The molecule has 3 aromatic rings. The molecule has 2 aromatic carbocycles. The highest BCUT2D eigenvalue weighted by Crippen LogP contribution is 2.33. The number of ether oxygens (including phenoxy) is 2. The minimum Gasteiger partial charge on any atom is -0.454 e. The van der Waals surface area contributed by atoms with E-state index in [0.717, 1.165) is 12.2 Å². The number of hydrogen-bond acceptors (Lipinski definition) is 3. The van der Waals surface area contributed by atoms with Crippen molar-refractivity contribution >= 4 is 5.91 Å². The standard InChI is InChI=1S/C26H30N2O3/c1-18(2)20(4)28(26(29)22-10-11-24-25(14-22)31-17-30-24)16-23-9-6-12-27(23)15-21-8-5-7-19(3)13-21/h5-14,18,20H,15-17H2,1-4H3. The number of benzene rings is 2. The molecule has 0 radical (unpaired) electrons. The average Bonchev–Trinajstić information content (AvgIpc) is 3.39. The van der Waals surface area contributed by atoms with Gasteiger partial charge in [0.1, 0.15) is 0 Å². The van der Waals surface area contributed by atoms with E-state index in [9.17, 15) is 4.79 Å². The molecular formula is C26H30N2O3. The first-order chi connectivity index (χ1) is 14.9. The summed E-state index contributed by atoms with van der Waals surface area (Å²) in [5.74, 6) is 1.65. The topological polar surface area (TPSA) is 43.7 Å². The number of hydrogen-bond donors (Lipinski definition) is 0. The second-order valence-electron chi connectivity index (χ2n) is 8.60. The molecule has 0 bridgehead atoms. The summed E-state index contributed by atoms with van der Waals surface area (Å²) in [5, 5.41) is 0. The first kappa shape index (κ1) is 21.0. The van der Waals surface area contributed by atoms with Gasteiger partial charge in [0.25, 0.3) is 5.91 Å². The van der Waals surface area contributed by atoms with Crippen LogP contribution < -0.4 is 9.47 Å². The van der Waals surface area contributed by atoms with Crippen LogP contribution in [0.15, 0.2) is 60.8 Å². The van der Waals surface area contributed by atoms with Crippen LogP contribution in [-0.4, -0.2) is 28.2 Å². The van der Waals surface area contributed by atoms with E-state index < -0.39 is 0 Å². The molecular weight excluding hydrogens is 388 g/mol. The number of nitrogens with zero attached hydrogens (tertiary/aromatic N) is 2. The maximum atomic E-state index is 13.6. The van der Waals surface area contributed by atoms with Crippen LogP contribution in [0.4, 0.5) is 0 Å². The van der Waals surface area contributed by atoms with Crippen LogP contribution in [0.1, 0.15) is 48.0 Å². The summed E-state index contributed by atoms with van der Waals surface area (Å²) in [6.07, 6.45) is 2.08. The Kier molecular flexibility index (Phi) is 6.03. The van der Waals surface area contributed by atoms with Crippen molar-refractivity contribution in [3.63, 3.8) is 0 Å². The zero-order valence-corrected chi connectivity index (χ0v) is 18.7. The van der Waals surface area contributed by atoms with Gasteiger partial charge in [-0.25, -0.2) is 0 Å². The Morgan fingerprint density at radius 3 is 2.61 bits per heavy atom. The Morgan fingerprint density at radius 2 is 1.84 bits per heavy atom. The SMILES string of the molecule is Cc1cccc(Cn2cccc2CN(C(=O)c2ccc3c(c2)OCO3)C(C)C(C)C)c1. The lowest BCUT2D eigenvalue weighted by molar-refractivity contribution is 0.0622. The van der Waals surface area contributed by atoms with Gasteiger partial charge < -0.3 is 18.9 Å². The highest BCUT2D eigenvalue weighted by atomic mass is 16.7. The van der Waals surface area contributed by atoms with Crippen molar-refractivity contribution in [1.29, 1.82) is 0 Å². The highest BCUT2D eigenvalue weighted by Gasteiger charge is 2.26. The van der Waals surface area contributed by atoms with Crippen LogP contribution in [0.3, 0.4) is 0 Å². The number of amides is 1. The van der Waals surface area contributed by atoms with E-state index >= 15 is 0 Å². The van der Waals surface area contributed by atoms with Gasteiger partial charge in [-0.3, -0.25) is 4.79 Å². The molecule has 1 aromatic heterocycles. The van der Waals surface area contributed by atoms with E-state index in [-0.39, 0.29) is 18.7 Å². The van der Waals surface area contributed by atoms with Gasteiger partial charge in [0.05, 0.1) is 6.54 Å². The summed E-state index contributed by atoms with van der Waals surface area (Å²) >= 11 is 0. The predicted octanol–water partition coefficient (Wildman–Crippen LogP) is 5.26. The molecule has 31 heavy (non-hydrogen) atoms. The van der Waals surface area contributed by atoms with Crippen molar-refractivity contribution in [2.75, 3.05) is 6.79 Å². The van der Waals surface area contributed by atoms with Crippen molar-refractivity contribution in [1.82, 2.24) is 9.47 Å². The van der Waals surface area contributed by atoms with Crippen molar-refractivity contribution in [3.8, 4) is 11.5 Å². The van der Waals surface area contributed by atoms with Crippen molar-refractivity contribution in [2.24, 2.45) is 5.92 Å². The molecule has 4 rings (SSSR count). The Bertz CT molecular complexity index is 1070. The molecule has 2 heterocycles. The Morgan fingerprint density at radius 1 is 1.03 bits per heavy atom. The lowest BCUT2D eigenvalue weighted by Crippen LogP contribution is -2.41. The summed E-state index contributed by atoms with van der Waals surface area (Å²) in [4.78, 5) is 15.5. The number of aromatic nitrogens is 1. The van der Waals surface area contributed by atoms with Gasteiger partial charge in [-0.15, -0.1) is 0 Å². The molecule has 1 aliphatic rings. The molecule has 162 valence electrons. The van der Waals surface area contributed by atoms with Crippen LogP contribution >= 0.6 is 0 Å². The minimum absolute atomic E-state index is 0.00260. The molecule has 1 unspecified atom stereocenters. The molecule has 0 fully saturated rings. The molecule has 1 atom stereocenters. The lowest BCUT2D eigenvalue weighted by Gasteiger charge is -2.32. The van der Waals surface area contributed by atoms with Crippen molar-refractivity contribution in [3.05, 3.63) is 83.2 Å². The van der Waals surface area contributed by atoms with Crippen LogP contribution in [0, 0.1) is 12.8 Å². The van der Waals surface area contributed by atoms with E-state index in [1.54, 1.807) is 6.07 Å². The monoisotopic (exact) mass is 418 g/mol. The van der Waals surface area contributed by atoms with Gasteiger partial charge in [0, 0.05) is 30.0 Å². The predicted molar refractivity (Wildman–Crippen MR) is 121 cm³/mol. The molecule has 1 aliphatic heterocycles. The zero-order chi connectivity index (χ0) is 22.0.